The molecule has 0 aliphatic heterocycles. The van der Waals surface area contributed by atoms with Crippen LogP contribution < -0.4 is 14.8 Å². The SMILES string of the molecule is COc1ccc(NCCOc2ccccc2Br)cc1.Cl. The number of methoxy groups -OCH3 is 1. The Morgan fingerprint density at radius 1 is 1.05 bits per heavy atom. The zero-order valence-electron chi connectivity index (χ0n) is 11.1. The average molecular weight is 359 g/mol. The van der Waals surface area contributed by atoms with Crippen LogP contribution in [0.1, 0.15) is 0 Å². The van der Waals surface area contributed by atoms with Crippen LogP contribution in [0.5, 0.6) is 11.5 Å². The molecule has 0 amide bonds. The van der Waals surface area contributed by atoms with Gasteiger partial charge in [0.05, 0.1) is 11.6 Å². The maximum atomic E-state index is 5.67. The number of ether oxygens (including phenoxy) is 2. The van der Waals surface area contributed by atoms with Gasteiger partial charge in [0, 0.05) is 12.2 Å². The number of rotatable bonds is 6. The molecule has 0 aromatic heterocycles. The number of para-hydroxylation sites is 1. The molecule has 0 saturated carbocycles. The largest absolute Gasteiger partial charge is 0.497 e. The zero-order valence-corrected chi connectivity index (χ0v) is 13.5. The smallest absolute Gasteiger partial charge is 0.133 e. The van der Waals surface area contributed by atoms with Crippen LogP contribution in [-0.2, 0) is 0 Å². The van der Waals surface area contributed by atoms with Gasteiger partial charge in [-0.2, -0.15) is 0 Å². The third kappa shape index (κ3) is 4.94. The van der Waals surface area contributed by atoms with Crippen molar-refractivity contribution in [3.63, 3.8) is 0 Å². The first-order chi connectivity index (χ1) is 9.29. The fourth-order valence-electron chi connectivity index (χ4n) is 1.63. The quantitative estimate of drug-likeness (QED) is 0.778. The van der Waals surface area contributed by atoms with Crippen LogP contribution in [-0.4, -0.2) is 20.3 Å². The summed E-state index contributed by atoms with van der Waals surface area (Å²) in [5, 5.41) is 3.29. The second kappa shape index (κ2) is 8.72. The van der Waals surface area contributed by atoms with Crippen molar-refractivity contribution in [1.29, 1.82) is 0 Å². The van der Waals surface area contributed by atoms with Crippen LogP contribution >= 0.6 is 28.3 Å². The normalized spacial score (nSPS) is 9.50. The summed E-state index contributed by atoms with van der Waals surface area (Å²) in [5.41, 5.74) is 1.05. The lowest BCUT2D eigenvalue weighted by atomic mass is 10.3. The predicted octanol–water partition coefficient (Wildman–Crippen LogP) is 4.37. The van der Waals surface area contributed by atoms with E-state index in [1.165, 1.54) is 0 Å². The molecule has 2 rings (SSSR count). The number of anilines is 1. The van der Waals surface area contributed by atoms with Gasteiger partial charge in [0.25, 0.3) is 0 Å². The van der Waals surface area contributed by atoms with Crippen molar-refractivity contribution in [1.82, 2.24) is 0 Å². The highest BCUT2D eigenvalue weighted by molar-refractivity contribution is 9.10. The fourth-order valence-corrected chi connectivity index (χ4v) is 2.03. The molecule has 0 fully saturated rings. The lowest BCUT2D eigenvalue weighted by Gasteiger charge is -2.10. The highest BCUT2D eigenvalue weighted by Gasteiger charge is 1.98. The van der Waals surface area contributed by atoms with Gasteiger partial charge in [0.1, 0.15) is 18.1 Å². The highest BCUT2D eigenvalue weighted by atomic mass is 79.9. The summed E-state index contributed by atoms with van der Waals surface area (Å²) in [6.07, 6.45) is 0. The Bertz CT molecular complexity index is 520. The second-order valence-electron chi connectivity index (χ2n) is 3.93. The monoisotopic (exact) mass is 357 g/mol. The molecule has 0 unspecified atom stereocenters. The van der Waals surface area contributed by atoms with E-state index in [4.69, 9.17) is 9.47 Å². The van der Waals surface area contributed by atoms with E-state index in [1.54, 1.807) is 7.11 Å². The van der Waals surface area contributed by atoms with Crippen molar-refractivity contribution in [2.75, 3.05) is 25.6 Å². The van der Waals surface area contributed by atoms with Crippen molar-refractivity contribution in [3.8, 4) is 11.5 Å². The van der Waals surface area contributed by atoms with Gasteiger partial charge in [-0.15, -0.1) is 12.4 Å². The maximum Gasteiger partial charge on any atom is 0.133 e. The molecule has 0 saturated heterocycles. The minimum atomic E-state index is 0. The topological polar surface area (TPSA) is 30.5 Å². The number of hydrogen-bond acceptors (Lipinski definition) is 3. The third-order valence-electron chi connectivity index (χ3n) is 2.62. The van der Waals surface area contributed by atoms with Crippen LogP contribution in [0.15, 0.2) is 53.0 Å². The first-order valence-corrected chi connectivity index (χ1v) is 6.84. The van der Waals surface area contributed by atoms with E-state index in [1.807, 2.05) is 48.5 Å². The predicted molar refractivity (Wildman–Crippen MR) is 88.4 cm³/mol. The van der Waals surface area contributed by atoms with Crippen molar-refractivity contribution in [2.24, 2.45) is 0 Å². The van der Waals surface area contributed by atoms with E-state index < -0.39 is 0 Å². The van der Waals surface area contributed by atoms with E-state index >= 15 is 0 Å². The van der Waals surface area contributed by atoms with Crippen LogP contribution in [0.3, 0.4) is 0 Å². The van der Waals surface area contributed by atoms with Crippen molar-refractivity contribution in [2.45, 2.75) is 0 Å². The lowest BCUT2D eigenvalue weighted by Crippen LogP contribution is -2.11. The van der Waals surface area contributed by atoms with Gasteiger partial charge in [-0.1, -0.05) is 12.1 Å². The minimum absolute atomic E-state index is 0. The van der Waals surface area contributed by atoms with E-state index in [2.05, 4.69) is 21.2 Å². The fraction of sp³-hybridized carbons (Fsp3) is 0.200. The van der Waals surface area contributed by atoms with Gasteiger partial charge >= 0.3 is 0 Å². The molecule has 0 heterocycles. The van der Waals surface area contributed by atoms with Crippen LogP contribution in [0.25, 0.3) is 0 Å². The molecule has 2 aromatic rings. The van der Waals surface area contributed by atoms with Crippen molar-refractivity contribution < 1.29 is 9.47 Å². The second-order valence-corrected chi connectivity index (χ2v) is 4.79. The van der Waals surface area contributed by atoms with E-state index in [9.17, 15) is 0 Å². The molecule has 108 valence electrons. The molecule has 0 aliphatic carbocycles. The molecule has 20 heavy (non-hydrogen) atoms. The molecular formula is C15H17BrClNO2. The van der Waals surface area contributed by atoms with Crippen LogP contribution in [0.4, 0.5) is 5.69 Å². The number of halogens is 2. The minimum Gasteiger partial charge on any atom is -0.497 e. The molecule has 0 radical (unpaired) electrons. The van der Waals surface area contributed by atoms with E-state index in [0.717, 1.165) is 28.2 Å². The summed E-state index contributed by atoms with van der Waals surface area (Å²) >= 11 is 3.45. The van der Waals surface area contributed by atoms with E-state index in [-0.39, 0.29) is 12.4 Å². The summed E-state index contributed by atoms with van der Waals surface area (Å²) in [6.45, 7) is 1.35. The summed E-state index contributed by atoms with van der Waals surface area (Å²) in [6, 6.07) is 15.6. The first kappa shape index (κ1) is 16.7. The van der Waals surface area contributed by atoms with Gasteiger partial charge < -0.3 is 14.8 Å². The summed E-state index contributed by atoms with van der Waals surface area (Å²) in [5.74, 6) is 1.72. The molecule has 0 bridgehead atoms. The molecule has 0 atom stereocenters. The van der Waals surface area contributed by atoms with Crippen LogP contribution in [0, 0.1) is 0 Å². The highest BCUT2D eigenvalue weighted by Crippen LogP contribution is 2.23. The molecule has 5 heteroatoms. The molecule has 2 aromatic carbocycles. The molecule has 3 nitrogen and oxygen atoms in total. The average Bonchev–Trinajstić information content (AvgIpc) is 2.46. The molecular weight excluding hydrogens is 342 g/mol. The summed E-state index contributed by atoms with van der Waals surface area (Å²) in [7, 11) is 1.66. The van der Waals surface area contributed by atoms with Gasteiger partial charge in [-0.05, 0) is 52.3 Å². The molecule has 0 aliphatic rings. The maximum absolute atomic E-state index is 5.67. The number of benzene rings is 2. The third-order valence-corrected chi connectivity index (χ3v) is 3.27. The van der Waals surface area contributed by atoms with Gasteiger partial charge in [-0.25, -0.2) is 0 Å². The number of hydrogen-bond donors (Lipinski definition) is 1. The van der Waals surface area contributed by atoms with E-state index in [0.29, 0.717) is 6.61 Å². The Morgan fingerprint density at radius 2 is 1.75 bits per heavy atom. The first-order valence-electron chi connectivity index (χ1n) is 6.05. The Labute approximate surface area is 133 Å². The van der Waals surface area contributed by atoms with Crippen molar-refractivity contribution in [3.05, 3.63) is 53.0 Å². The Morgan fingerprint density at radius 3 is 2.40 bits per heavy atom. The Balaban J connectivity index is 0.00000200. The van der Waals surface area contributed by atoms with Crippen LogP contribution in [0.2, 0.25) is 0 Å². The summed E-state index contributed by atoms with van der Waals surface area (Å²) in [4.78, 5) is 0. The number of nitrogens with one attached hydrogen (secondary N) is 1. The molecule has 0 spiro atoms. The van der Waals surface area contributed by atoms with Crippen molar-refractivity contribution >= 4 is 34.0 Å². The molecule has 1 N–H and O–H groups in total. The zero-order chi connectivity index (χ0) is 13.5. The van der Waals surface area contributed by atoms with Gasteiger partial charge in [0.2, 0.25) is 0 Å². The Kier molecular flexibility index (Phi) is 7.26. The lowest BCUT2D eigenvalue weighted by molar-refractivity contribution is 0.331. The standard InChI is InChI=1S/C15H16BrNO2.ClH/c1-18-13-8-6-12(7-9-13)17-10-11-19-15-5-3-2-4-14(15)16;/h2-9,17H,10-11H2,1H3;1H. The Hall–Kier alpha value is -1.39. The van der Waals surface area contributed by atoms with Gasteiger partial charge in [-0.3, -0.25) is 0 Å². The van der Waals surface area contributed by atoms with Gasteiger partial charge in [0.15, 0.2) is 0 Å². The summed E-state index contributed by atoms with van der Waals surface area (Å²) < 4.78 is 11.7.